The number of hydrogen-bond acceptors (Lipinski definition) is 6. The Labute approximate surface area is 286 Å². The number of benzene rings is 6. The summed E-state index contributed by atoms with van der Waals surface area (Å²) in [5.74, 6) is 2.97. The van der Waals surface area contributed by atoms with E-state index in [0.717, 1.165) is 55.9 Å². The lowest BCUT2D eigenvalue weighted by molar-refractivity contribution is 0.620. The Morgan fingerprint density at radius 2 is 1.06 bits per heavy atom. The van der Waals surface area contributed by atoms with E-state index in [9.17, 15) is 0 Å². The van der Waals surface area contributed by atoms with Gasteiger partial charge in [-0.1, -0.05) is 96.5 Å². The summed E-state index contributed by atoms with van der Waals surface area (Å²) in [6, 6.07) is 49.8. The largest absolute Gasteiger partial charge is 0.436 e. The number of fused-ring (bicyclic) bond motifs is 2. The standard InChI is InChI=1S/C41H25ClN6O/c42-31-13-9-12-29(24-31)38-45-37(46-39(47-38)30-22-23-34-36(25-30)49-41(44-34)28-10-3-1-4-11-28)26-18-20-27(21-19-26)40-43-33-16-7-8-17-35(33)48(40)32-14-5-2-6-15-32/h1-25H. The normalized spacial score (nSPS) is 11.4. The first-order valence-corrected chi connectivity index (χ1v) is 16.2. The van der Waals surface area contributed by atoms with Crippen molar-refractivity contribution < 1.29 is 4.42 Å². The van der Waals surface area contributed by atoms with Gasteiger partial charge in [0.15, 0.2) is 23.1 Å². The summed E-state index contributed by atoms with van der Waals surface area (Å²) in [5, 5.41) is 0.600. The Morgan fingerprint density at radius 3 is 1.82 bits per heavy atom. The van der Waals surface area contributed by atoms with Crippen molar-refractivity contribution >= 4 is 33.7 Å². The fraction of sp³-hybridized carbons (Fsp3) is 0. The van der Waals surface area contributed by atoms with E-state index >= 15 is 0 Å². The van der Waals surface area contributed by atoms with Crippen LogP contribution in [-0.4, -0.2) is 29.5 Å². The van der Waals surface area contributed by atoms with Gasteiger partial charge in [-0.15, -0.1) is 0 Å². The minimum absolute atomic E-state index is 0.509. The minimum Gasteiger partial charge on any atom is -0.436 e. The van der Waals surface area contributed by atoms with E-state index in [-0.39, 0.29) is 0 Å². The van der Waals surface area contributed by atoms with Gasteiger partial charge in [-0.3, -0.25) is 4.57 Å². The Kier molecular flexibility index (Phi) is 7.03. The number of hydrogen-bond donors (Lipinski definition) is 0. The van der Waals surface area contributed by atoms with Crippen LogP contribution in [0.2, 0.25) is 5.02 Å². The average Bonchev–Trinajstić information content (AvgIpc) is 3.77. The molecule has 0 amide bonds. The third-order valence-corrected chi connectivity index (χ3v) is 8.60. The molecule has 0 aliphatic carbocycles. The molecule has 0 aliphatic heterocycles. The van der Waals surface area contributed by atoms with Gasteiger partial charge >= 0.3 is 0 Å². The molecule has 0 atom stereocenters. The van der Waals surface area contributed by atoms with Crippen molar-refractivity contribution in [1.82, 2.24) is 29.5 Å². The Morgan fingerprint density at radius 1 is 0.449 bits per heavy atom. The fourth-order valence-electron chi connectivity index (χ4n) is 5.99. The monoisotopic (exact) mass is 652 g/mol. The molecule has 0 spiro atoms. The highest BCUT2D eigenvalue weighted by molar-refractivity contribution is 6.30. The smallest absolute Gasteiger partial charge is 0.227 e. The van der Waals surface area contributed by atoms with Crippen molar-refractivity contribution in [3.8, 4) is 62.7 Å². The molecular formula is C41H25ClN6O. The number of para-hydroxylation sites is 3. The van der Waals surface area contributed by atoms with Crippen LogP contribution in [0.4, 0.5) is 0 Å². The lowest BCUT2D eigenvalue weighted by Gasteiger charge is -2.11. The van der Waals surface area contributed by atoms with Gasteiger partial charge in [0.25, 0.3) is 0 Å². The molecule has 6 aromatic carbocycles. The maximum absolute atomic E-state index is 6.39. The topological polar surface area (TPSA) is 82.5 Å². The zero-order chi connectivity index (χ0) is 32.7. The molecule has 232 valence electrons. The van der Waals surface area contributed by atoms with E-state index < -0.39 is 0 Å². The lowest BCUT2D eigenvalue weighted by atomic mass is 10.1. The van der Waals surface area contributed by atoms with Gasteiger partial charge in [-0.2, -0.15) is 0 Å². The maximum atomic E-state index is 6.39. The second-order valence-corrected chi connectivity index (χ2v) is 12.0. The zero-order valence-corrected chi connectivity index (χ0v) is 26.7. The van der Waals surface area contributed by atoms with Crippen molar-refractivity contribution in [3.63, 3.8) is 0 Å². The van der Waals surface area contributed by atoms with Crippen molar-refractivity contribution in [2.45, 2.75) is 0 Å². The van der Waals surface area contributed by atoms with E-state index in [2.05, 4.69) is 39.9 Å². The summed E-state index contributed by atoms with van der Waals surface area (Å²) in [5.41, 5.74) is 8.71. The molecule has 9 rings (SSSR count). The van der Waals surface area contributed by atoms with Crippen LogP contribution in [0.25, 0.3) is 84.8 Å². The molecule has 49 heavy (non-hydrogen) atoms. The SMILES string of the molecule is Clc1cccc(-c2nc(-c3ccc(-c4nc5ccccc5n4-c4ccccc4)cc3)nc(-c3ccc4nc(-c5ccccc5)oc4c3)n2)c1. The summed E-state index contributed by atoms with van der Waals surface area (Å²) in [4.78, 5) is 24.5. The predicted octanol–water partition coefficient (Wildman–Crippen LogP) is 10.3. The fourth-order valence-corrected chi connectivity index (χ4v) is 6.18. The molecule has 8 heteroatoms. The van der Waals surface area contributed by atoms with Crippen molar-refractivity contribution in [3.05, 3.63) is 157 Å². The molecular weight excluding hydrogens is 628 g/mol. The van der Waals surface area contributed by atoms with Gasteiger partial charge < -0.3 is 4.42 Å². The first kappa shape index (κ1) is 28.8. The van der Waals surface area contributed by atoms with Gasteiger partial charge in [-0.05, 0) is 66.7 Å². The van der Waals surface area contributed by atoms with Crippen LogP contribution in [-0.2, 0) is 0 Å². The molecule has 0 bridgehead atoms. The van der Waals surface area contributed by atoms with Gasteiger partial charge in [0.1, 0.15) is 11.3 Å². The number of rotatable bonds is 6. The third kappa shape index (κ3) is 5.42. The predicted molar refractivity (Wildman–Crippen MR) is 194 cm³/mol. The van der Waals surface area contributed by atoms with E-state index in [1.54, 1.807) is 0 Å². The molecule has 3 aromatic heterocycles. The molecule has 0 N–H and O–H groups in total. The van der Waals surface area contributed by atoms with Crippen LogP contribution < -0.4 is 0 Å². The van der Waals surface area contributed by atoms with Crippen LogP contribution in [0, 0.1) is 0 Å². The molecule has 0 unspecified atom stereocenters. The van der Waals surface area contributed by atoms with Crippen LogP contribution in [0.3, 0.4) is 0 Å². The number of imidazole rings is 1. The maximum Gasteiger partial charge on any atom is 0.227 e. The van der Waals surface area contributed by atoms with E-state index in [4.69, 9.17) is 36.0 Å². The average molecular weight is 653 g/mol. The molecule has 7 nitrogen and oxygen atoms in total. The van der Waals surface area contributed by atoms with Gasteiger partial charge in [0, 0.05) is 38.5 Å². The van der Waals surface area contributed by atoms with E-state index in [0.29, 0.717) is 34.0 Å². The lowest BCUT2D eigenvalue weighted by Crippen LogP contribution is -2.00. The Bertz CT molecular complexity index is 2610. The second kappa shape index (κ2) is 12.0. The second-order valence-electron chi connectivity index (χ2n) is 11.6. The van der Waals surface area contributed by atoms with Crippen LogP contribution in [0.15, 0.2) is 156 Å². The molecule has 0 saturated heterocycles. The third-order valence-electron chi connectivity index (χ3n) is 8.36. The molecule has 0 radical (unpaired) electrons. The summed E-state index contributed by atoms with van der Waals surface area (Å²) in [6.07, 6.45) is 0. The van der Waals surface area contributed by atoms with Crippen LogP contribution >= 0.6 is 11.6 Å². The Hall–Kier alpha value is -6.44. The van der Waals surface area contributed by atoms with Gasteiger partial charge in [0.05, 0.1) is 11.0 Å². The molecule has 9 aromatic rings. The van der Waals surface area contributed by atoms with E-state index in [1.165, 1.54) is 0 Å². The summed E-state index contributed by atoms with van der Waals surface area (Å²) in [7, 11) is 0. The summed E-state index contributed by atoms with van der Waals surface area (Å²) >= 11 is 6.39. The molecule has 0 saturated carbocycles. The number of halogens is 1. The highest BCUT2D eigenvalue weighted by Gasteiger charge is 2.17. The molecule has 0 fully saturated rings. The van der Waals surface area contributed by atoms with Gasteiger partial charge in [-0.25, -0.2) is 24.9 Å². The first-order chi connectivity index (χ1) is 24.2. The van der Waals surface area contributed by atoms with Crippen molar-refractivity contribution in [2.24, 2.45) is 0 Å². The number of aromatic nitrogens is 6. The number of oxazole rings is 1. The Balaban J connectivity index is 1.14. The highest BCUT2D eigenvalue weighted by Crippen LogP contribution is 2.32. The minimum atomic E-state index is 0.509. The van der Waals surface area contributed by atoms with Crippen LogP contribution in [0.1, 0.15) is 0 Å². The van der Waals surface area contributed by atoms with E-state index in [1.807, 2.05) is 121 Å². The summed E-state index contributed by atoms with van der Waals surface area (Å²) in [6.45, 7) is 0. The first-order valence-electron chi connectivity index (χ1n) is 15.8. The molecule has 0 aliphatic rings. The quantitative estimate of drug-likeness (QED) is 0.178. The van der Waals surface area contributed by atoms with Crippen molar-refractivity contribution in [2.75, 3.05) is 0 Å². The molecule has 3 heterocycles. The highest BCUT2D eigenvalue weighted by atomic mass is 35.5. The van der Waals surface area contributed by atoms with Crippen molar-refractivity contribution in [1.29, 1.82) is 0 Å². The zero-order valence-electron chi connectivity index (χ0n) is 25.9. The van der Waals surface area contributed by atoms with Crippen LogP contribution in [0.5, 0.6) is 0 Å². The summed E-state index contributed by atoms with van der Waals surface area (Å²) < 4.78 is 8.36. The van der Waals surface area contributed by atoms with Gasteiger partial charge in [0.2, 0.25) is 5.89 Å². The number of nitrogens with zero attached hydrogens (tertiary/aromatic N) is 6.